The van der Waals surface area contributed by atoms with Crippen molar-refractivity contribution < 1.29 is 13.2 Å². The molecule has 2 aliphatic heterocycles. The molecule has 3 aromatic heterocycles. The van der Waals surface area contributed by atoms with Crippen LogP contribution < -0.4 is 14.9 Å². The van der Waals surface area contributed by atoms with E-state index in [1.807, 2.05) is 6.07 Å². The fraction of sp³-hybridized carbons (Fsp3) is 0.467. The average Bonchev–Trinajstić information content (AvgIpc) is 3.22. The highest BCUT2D eigenvalue weighted by Gasteiger charge is 2.43. The molecule has 1 fully saturated rings. The highest BCUT2D eigenvalue weighted by Crippen LogP contribution is 2.43. The second-order valence-corrected chi connectivity index (χ2v) is 14.9. The summed E-state index contributed by atoms with van der Waals surface area (Å²) >= 11 is 6.33. The van der Waals surface area contributed by atoms with Gasteiger partial charge in [0.1, 0.15) is 11.6 Å². The summed E-state index contributed by atoms with van der Waals surface area (Å²) in [6, 6.07) is 11.4. The molecule has 0 radical (unpaired) electrons. The molecule has 11 heteroatoms. The normalized spacial score (nSPS) is 23.9. The number of hydrogen-bond acceptors (Lipinski definition) is 8. The first-order chi connectivity index (χ1) is 19.1. The molecule has 1 saturated heterocycles. The SMILES string of the molecule is C[C@H]1CC(c2cc(Cl)ccn2)Nc2cccc(n2)S(=O)(=O)NC(=O)c2ccc(C(C)(C)C)nc2N2C[C@@H]1CC2(C)C. The number of halogens is 1. The molecule has 0 aliphatic carbocycles. The van der Waals surface area contributed by atoms with Gasteiger partial charge < -0.3 is 10.2 Å². The summed E-state index contributed by atoms with van der Waals surface area (Å²) in [7, 11) is -4.29. The smallest absolute Gasteiger partial charge is 0.281 e. The maximum absolute atomic E-state index is 13.6. The van der Waals surface area contributed by atoms with Crippen LogP contribution in [0.3, 0.4) is 0 Å². The molecular formula is C30H37ClN6O3S. The number of nitrogens with one attached hydrogen (secondary N) is 2. The van der Waals surface area contributed by atoms with Crippen molar-refractivity contribution in [2.24, 2.45) is 11.8 Å². The Morgan fingerprint density at radius 1 is 1.10 bits per heavy atom. The number of carbonyl (C=O) groups excluding carboxylic acids is 1. The number of sulfonamides is 1. The van der Waals surface area contributed by atoms with Crippen LogP contribution in [0.25, 0.3) is 0 Å². The third kappa shape index (κ3) is 6.04. The van der Waals surface area contributed by atoms with Gasteiger partial charge in [0.2, 0.25) is 0 Å². The first-order valence-electron chi connectivity index (χ1n) is 13.9. The van der Waals surface area contributed by atoms with Crippen LogP contribution in [-0.4, -0.2) is 41.4 Å². The minimum Gasteiger partial charge on any atom is -0.362 e. The van der Waals surface area contributed by atoms with E-state index in [1.54, 1.807) is 36.5 Å². The minimum absolute atomic E-state index is 0.216. The van der Waals surface area contributed by atoms with Gasteiger partial charge in [-0.3, -0.25) is 9.78 Å². The van der Waals surface area contributed by atoms with Gasteiger partial charge in [0.05, 0.1) is 17.3 Å². The molecule has 1 unspecified atom stereocenters. The second-order valence-electron chi connectivity index (χ2n) is 12.8. The molecule has 0 spiro atoms. The van der Waals surface area contributed by atoms with Gasteiger partial charge in [0.15, 0.2) is 5.03 Å². The number of aromatic nitrogens is 3. The van der Waals surface area contributed by atoms with Crippen LogP contribution in [-0.2, 0) is 15.4 Å². The molecule has 3 atom stereocenters. The zero-order chi connectivity index (χ0) is 29.7. The van der Waals surface area contributed by atoms with E-state index in [2.05, 4.69) is 66.4 Å². The lowest BCUT2D eigenvalue weighted by Gasteiger charge is -2.34. The van der Waals surface area contributed by atoms with Gasteiger partial charge in [-0.1, -0.05) is 45.4 Å². The van der Waals surface area contributed by atoms with E-state index in [1.165, 1.54) is 6.07 Å². The zero-order valence-corrected chi connectivity index (χ0v) is 25.8. The molecular weight excluding hydrogens is 560 g/mol. The van der Waals surface area contributed by atoms with Gasteiger partial charge in [0.25, 0.3) is 15.9 Å². The Hall–Kier alpha value is -3.24. The van der Waals surface area contributed by atoms with Gasteiger partial charge in [-0.15, -0.1) is 0 Å². The largest absolute Gasteiger partial charge is 0.362 e. The van der Waals surface area contributed by atoms with Crippen LogP contribution in [0.15, 0.2) is 53.7 Å². The summed E-state index contributed by atoms with van der Waals surface area (Å²) in [5, 5.41) is 3.70. The number of nitrogens with zero attached hydrogens (tertiary/aromatic N) is 4. The Kier molecular flexibility index (Phi) is 7.53. The second kappa shape index (κ2) is 10.5. The van der Waals surface area contributed by atoms with E-state index < -0.39 is 15.9 Å². The molecule has 0 saturated carbocycles. The standard InChI is InChI=1S/C30H37ClN6O3S/c1-18-14-23(22-15-20(31)12-13-32-22)33-25-8-7-9-26(35-25)41(39,40)36-28(38)21-10-11-24(29(2,3)4)34-27(21)37-17-19(18)16-30(37,5)6/h7-13,15,18-19,23H,14,16-17H2,1-6H3,(H,33,35)(H,36,38)/t18-,19-,23?/m0/s1. The van der Waals surface area contributed by atoms with Crippen LogP contribution >= 0.6 is 11.6 Å². The fourth-order valence-electron chi connectivity index (χ4n) is 5.78. The minimum atomic E-state index is -4.29. The van der Waals surface area contributed by atoms with E-state index in [0.29, 0.717) is 29.6 Å². The molecule has 4 bridgehead atoms. The molecule has 218 valence electrons. The zero-order valence-electron chi connectivity index (χ0n) is 24.3. The Bertz CT molecular complexity index is 1590. The number of pyridine rings is 3. The summed E-state index contributed by atoms with van der Waals surface area (Å²) in [6.45, 7) is 13.4. The van der Waals surface area contributed by atoms with Crippen molar-refractivity contribution in [3.05, 3.63) is 70.6 Å². The maximum Gasteiger partial charge on any atom is 0.281 e. The van der Waals surface area contributed by atoms with E-state index in [4.69, 9.17) is 16.6 Å². The van der Waals surface area contributed by atoms with Crippen molar-refractivity contribution in [3.63, 3.8) is 0 Å². The van der Waals surface area contributed by atoms with E-state index in [0.717, 1.165) is 17.8 Å². The van der Waals surface area contributed by atoms with Crippen molar-refractivity contribution >= 4 is 39.2 Å². The third-order valence-electron chi connectivity index (χ3n) is 8.11. The predicted octanol–water partition coefficient (Wildman–Crippen LogP) is 5.74. The quantitative estimate of drug-likeness (QED) is 0.365. The Balaban J connectivity index is 1.66. The van der Waals surface area contributed by atoms with Crippen molar-refractivity contribution in [2.45, 2.75) is 76.4 Å². The third-order valence-corrected chi connectivity index (χ3v) is 9.58. The molecule has 0 aromatic carbocycles. The highest BCUT2D eigenvalue weighted by atomic mass is 35.5. The van der Waals surface area contributed by atoms with Crippen LogP contribution in [0.2, 0.25) is 5.02 Å². The number of amides is 1. The first-order valence-corrected chi connectivity index (χ1v) is 15.7. The molecule has 2 aliphatic rings. The van der Waals surface area contributed by atoms with Crippen molar-refractivity contribution in [3.8, 4) is 0 Å². The molecule has 1 amide bonds. The number of fused-ring (bicyclic) bond motifs is 6. The molecule has 9 nitrogen and oxygen atoms in total. The Morgan fingerprint density at radius 2 is 1.85 bits per heavy atom. The lowest BCUT2D eigenvalue weighted by Crippen LogP contribution is -2.41. The predicted molar refractivity (Wildman–Crippen MR) is 161 cm³/mol. The molecule has 5 rings (SSSR count). The maximum atomic E-state index is 13.6. The molecule has 3 aromatic rings. The van der Waals surface area contributed by atoms with E-state index in [9.17, 15) is 13.2 Å². The van der Waals surface area contributed by atoms with Crippen molar-refractivity contribution in [1.29, 1.82) is 0 Å². The van der Waals surface area contributed by atoms with Crippen LogP contribution in [0.1, 0.15) is 82.2 Å². The van der Waals surface area contributed by atoms with E-state index >= 15 is 0 Å². The number of anilines is 2. The molecule has 5 heterocycles. The van der Waals surface area contributed by atoms with E-state index in [-0.39, 0.29) is 39.4 Å². The fourth-order valence-corrected chi connectivity index (χ4v) is 6.89. The summed E-state index contributed by atoms with van der Waals surface area (Å²) in [5.41, 5.74) is 1.19. The Morgan fingerprint density at radius 3 is 2.56 bits per heavy atom. The van der Waals surface area contributed by atoms with Gasteiger partial charge >= 0.3 is 0 Å². The van der Waals surface area contributed by atoms with Crippen LogP contribution in [0.4, 0.5) is 11.6 Å². The summed E-state index contributed by atoms with van der Waals surface area (Å²) in [6.07, 6.45) is 3.25. The highest BCUT2D eigenvalue weighted by molar-refractivity contribution is 7.90. The monoisotopic (exact) mass is 596 g/mol. The molecule has 2 N–H and O–H groups in total. The number of hydrogen-bond donors (Lipinski definition) is 2. The van der Waals surface area contributed by atoms with Gasteiger partial charge in [0, 0.05) is 34.4 Å². The van der Waals surface area contributed by atoms with Crippen LogP contribution in [0, 0.1) is 11.8 Å². The van der Waals surface area contributed by atoms with Gasteiger partial charge in [-0.25, -0.2) is 14.7 Å². The molecule has 41 heavy (non-hydrogen) atoms. The Labute approximate surface area is 247 Å². The summed E-state index contributed by atoms with van der Waals surface area (Å²) in [4.78, 5) is 29.7. The lowest BCUT2D eigenvalue weighted by atomic mass is 9.83. The van der Waals surface area contributed by atoms with Gasteiger partial charge in [-0.2, -0.15) is 8.42 Å². The van der Waals surface area contributed by atoms with Crippen molar-refractivity contribution in [1.82, 2.24) is 19.7 Å². The lowest BCUT2D eigenvalue weighted by molar-refractivity contribution is 0.0981. The van der Waals surface area contributed by atoms with Gasteiger partial charge in [-0.05, 0) is 74.9 Å². The number of carbonyl (C=O) groups is 1. The average molecular weight is 597 g/mol. The first kappa shape index (κ1) is 29.3. The summed E-state index contributed by atoms with van der Waals surface area (Å²) < 4.78 is 29.0. The van der Waals surface area contributed by atoms with Crippen LogP contribution in [0.5, 0.6) is 0 Å². The van der Waals surface area contributed by atoms with Crippen molar-refractivity contribution in [2.75, 3.05) is 16.8 Å². The summed E-state index contributed by atoms with van der Waals surface area (Å²) in [5.74, 6) is 0.624. The number of rotatable bonds is 1. The topological polar surface area (TPSA) is 117 Å².